The molecular weight excluding hydrogens is 839 g/mol. The van der Waals surface area contributed by atoms with Crippen molar-refractivity contribution in [1.82, 2.24) is 24.8 Å². The fourth-order valence-electron chi connectivity index (χ4n) is 9.51. The number of carboxylic acid groups (broad SMARTS) is 1. The molecule has 3 N–H and O–H groups in total. The molecule has 3 aliphatic heterocycles. The van der Waals surface area contributed by atoms with Gasteiger partial charge in [0.15, 0.2) is 0 Å². The number of benzene rings is 2. The molecule has 17 heteroatoms. The standard InChI is InChI=1S/C26H29N5O3S.C20H18N4O3S/c1-14-11-31(12-15(2)34-14)26(32)16-4-5-19-22(8-16)35-25-23(19)24(28-13-29-25)30-20-6-17-9-27-10-18(17)7-21(20)33-3;1-27-15-5-12-8-21-7-11(12)4-14(15)24-18-17-13-3-2-10(20(25)26)6-16(13)28-19(17)23-9-22-18/h6-7,9,13-16H,4-5,8,10-12H2,1-3H3,(H,28,29,30);4-5,7,9-10H,2-3,6,8H2,1H3,(H,25,26)(H,22,23,24)/t14-,15-,16-;10-/m00/s1. The number of nitrogens with zero attached hydrogens (tertiary/aromatic N) is 7. The maximum absolute atomic E-state index is 13.4. The van der Waals surface area contributed by atoms with E-state index in [1.165, 1.54) is 16.0 Å². The Kier molecular flexibility index (Phi) is 11.0. The smallest absolute Gasteiger partial charge is 0.306 e. The van der Waals surface area contributed by atoms with E-state index in [1.54, 1.807) is 49.5 Å². The molecule has 15 nitrogen and oxygen atoms in total. The molecule has 1 saturated heterocycles. The zero-order valence-electron chi connectivity index (χ0n) is 35.4. The molecule has 2 aromatic carbocycles. The van der Waals surface area contributed by atoms with E-state index in [4.69, 9.17) is 14.2 Å². The Balaban J connectivity index is 0.000000153. The number of thiophene rings is 2. The van der Waals surface area contributed by atoms with Crippen LogP contribution in [0.1, 0.15) is 69.8 Å². The van der Waals surface area contributed by atoms with E-state index in [0.717, 1.165) is 108 Å². The van der Waals surface area contributed by atoms with Crippen LogP contribution in [0.5, 0.6) is 11.5 Å². The number of fused-ring (bicyclic) bond motifs is 8. The maximum atomic E-state index is 13.4. The van der Waals surface area contributed by atoms with Crippen molar-refractivity contribution < 1.29 is 28.9 Å². The van der Waals surface area contributed by atoms with Crippen LogP contribution in [-0.2, 0) is 53.1 Å². The number of carbonyl (C=O) groups is 2. The summed E-state index contributed by atoms with van der Waals surface area (Å²) < 4.78 is 17.0. The van der Waals surface area contributed by atoms with Gasteiger partial charge in [-0.15, -0.1) is 22.7 Å². The molecule has 4 aromatic heterocycles. The maximum Gasteiger partial charge on any atom is 0.306 e. The van der Waals surface area contributed by atoms with Crippen LogP contribution < -0.4 is 20.1 Å². The lowest BCUT2D eigenvalue weighted by molar-refractivity contribution is -0.147. The van der Waals surface area contributed by atoms with E-state index in [1.807, 2.05) is 49.4 Å². The van der Waals surface area contributed by atoms with E-state index in [9.17, 15) is 14.7 Å². The Morgan fingerprint density at radius 1 is 0.730 bits per heavy atom. The van der Waals surface area contributed by atoms with Crippen LogP contribution >= 0.6 is 22.7 Å². The van der Waals surface area contributed by atoms with Crippen molar-refractivity contribution in [3.8, 4) is 11.5 Å². The van der Waals surface area contributed by atoms with Crippen LogP contribution in [0.4, 0.5) is 23.0 Å². The van der Waals surface area contributed by atoms with Crippen LogP contribution in [0.25, 0.3) is 20.4 Å². The molecule has 11 rings (SSSR count). The Hall–Kier alpha value is -6.04. The third kappa shape index (κ3) is 7.86. The van der Waals surface area contributed by atoms with Crippen LogP contribution in [-0.4, -0.2) is 93.8 Å². The van der Waals surface area contributed by atoms with Crippen molar-refractivity contribution in [2.45, 2.75) is 77.7 Å². The van der Waals surface area contributed by atoms with Gasteiger partial charge in [-0.25, -0.2) is 19.9 Å². The first-order valence-corrected chi connectivity index (χ1v) is 22.9. The molecule has 6 aromatic rings. The number of amides is 1. The number of aliphatic imine (C=N–C) groups is 2. The number of ether oxygens (including phenoxy) is 3. The molecule has 324 valence electrons. The van der Waals surface area contributed by atoms with Gasteiger partial charge in [0, 0.05) is 41.2 Å². The number of hydrogen-bond acceptors (Lipinski definition) is 15. The molecule has 0 saturated carbocycles. The lowest BCUT2D eigenvalue weighted by Crippen LogP contribution is -2.50. The molecule has 63 heavy (non-hydrogen) atoms. The molecule has 1 fully saturated rings. The highest BCUT2D eigenvalue weighted by Gasteiger charge is 2.35. The molecular formula is C46H47N9O6S2. The molecule has 7 heterocycles. The second-order valence-corrected chi connectivity index (χ2v) is 18.9. The van der Waals surface area contributed by atoms with Gasteiger partial charge in [-0.2, -0.15) is 0 Å². The number of aliphatic carboxylic acids is 1. The number of aryl methyl sites for hydroxylation is 2. The minimum Gasteiger partial charge on any atom is -0.495 e. The predicted octanol–water partition coefficient (Wildman–Crippen LogP) is 7.68. The van der Waals surface area contributed by atoms with Gasteiger partial charge in [0.1, 0.15) is 45.5 Å². The number of aromatic nitrogens is 4. The summed E-state index contributed by atoms with van der Waals surface area (Å²) >= 11 is 3.25. The second kappa shape index (κ2) is 16.9. The van der Waals surface area contributed by atoms with Crippen molar-refractivity contribution in [2.75, 3.05) is 37.9 Å². The lowest BCUT2D eigenvalue weighted by Gasteiger charge is -2.37. The van der Waals surface area contributed by atoms with E-state index < -0.39 is 5.97 Å². The summed E-state index contributed by atoms with van der Waals surface area (Å²) in [6.07, 6.45) is 11.4. The largest absolute Gasteiger partial charge is 0.495 e. The van der Waals surface area contributed by atoms with Gasteiger partial charge in [0.25, 0.3) is 0 Å². The monoisotopic (exact) mass is 885 g/mol. The first-order valence-electron chi connectivity index (χ1n) is 21.3. The first kappa shape index (κ1) is 41.0. The summed E-state index contributed by atoms with van der Waals surface area (Å²) in [6.45, 7) is 6.78. The number of carboxylic acids is 1. The molecule has 4 atom stereocenters. The number of rotatable bonds is 8. The van der Waals surface area contributed by atoms with Crippen molar-refractivity contribution in [1.29, 1.82) is 0 Å². The average Bonchev–Trinajstić information content (AvgIpc) is 4.10. The number of anilines is 4. The second-order valence-electron chi connectivity index (χ2n) is 16.7. The summed E-state index contributed by atoms with van der Waals surface area (Å²) in [7, 11) is 3.33. The number of hydrogen-bond donors (Lipinski definition) is 3. The highest BCUT2D eigenvalue weighted by Crippen LogP contribution is 2.44. The quantitative estimate of drug-likeness (QED) is 0.136. The summed E-state index contributed by atoms with van der Waals surface area (Å²) in [5.74, 6) is 2.23. The molecule has 0 spiro atoms. The highest BCUT2D eigenvalue weighted by atomic mass is 32.1. The fraction of sp³-hybridized carbons (Fsp3) is 0.391. The number of carbonyl (C=O) groups excluding carboxylic acids is 1. The van der Waals surface area contributed by atoms with Gasteiger partial charge in [0.2, 0.25) is 5.91 Å². The SMILES string of the molecule is COc1cc2c(cc1Nc1ncnc3sc4c(c13)CC[C@H](C(=O)N1C[C@H](C)O[C@@H](C)C1)C4)C=NC2.COc1cc2c(cc1Nc1ncnc3sc4c(c13)CC[C@H](C(=O)O)C4)C=NC2. The van der Waals surface area contributed by atoms with Crippen LogP contribution in [0, 0.1) is 11.8 Å². The van der Waals surface area contributed by atoms with Crippen molar-refractivity contribution in [3.05, 3.63) is 80.1 Å². The molecule has 0 unspecified atom stereocenters. The summed E-state index contributed by atoms with van der Waals surface area (Å²) in [4.78, 5) is 57.7. The third-order valence-electron chi connectivity index (χ3n) is 12.5. The van der Waals surface area contributed by atoms with Crippen LogP contribution in [0.2, 0.25) is 0 Å². The van der Waals surface area contributed by atoms with Crippen LogP contribution in [0.15, 0.2) is 46.9 Å². The summed E-state index contributed by atoms with van der Waals surface area (Å²) in [6, 6.07) is 8.13. The molecule has 0 bridgehead atoms. The highest BCUT2D eigenvalue weighted by molar-refractivity contribution is 7.19. The minimum absolute atomic E-state index is 0.00789. The minimum atomic E-state index is -0.725. The molecule has 0 radical (unpaired) electrons. The van der Waals surface area contributed by atoms with Crippen molar-refractivity contribution in [3.63, 3.8) is 0 Å². The zero-order chi connectivity index (χ0) is 43.4. The van der Waals surface area contributed by atoms with Crippen molar-refractivity contribution in [2.24, 2.45) is 21.8 Å². The van der Waals surface area contributed by atoms with Crippen molar-refractivity contribution >= 4 is 90.4 Å². The summed E-state index contributed by atoms with van der Waals surface area (Å²) in [5, 5.41) is 18.3. The third-order valence-corrected chi connectivity index (χ3v) is 14.9. The molecule has 5 aliphatic rings. The van der Waals surface area contributed by atoms with E-state index in [0.29, 0.717) is 39.0 Å². The van der Waals surface area contributed by atoms with Gasteiger partial charge < -0.3 is 34.9 Å². The predicted molar refractivity (Wildman–Crippen MR) is 245 cm³/mol. The van der Waals surface area contributed by atoms with Gasteiger partial charge in [-0.3, -0.25) is 19.6 Å². The Morgan fingerprint density at radius 2 is 1.22 bits per heavy atom. The normalized spacial score (nSPS) is 20.7. The van der Waals surface area contributed by atoms with Gasteiger partial charge in [-0.05, 0) is 110 Å². The number of methoxy groups -OCH3 is 2. The van der Waals surface area contributed by atoms with Crippen LogP contribution in [0.3, 0.4) is 0 Å². The fourth-order valence-corrected chi connectivity index (χ4v) is 12.0. The van der Waals surface area contributed by atoms with Gasteiger partial charge in [-0.1, -0.05) is 0 Å². The van der Waals surface area contributed by atoms with Gasteiger partial charge in [0.05, 0.1) is 67.6 Å². The Morgan fingerprint density at radius 3 is 1.71 bits per heavy atom. The summed E-state index contributed by atoms with van der Waals surface area (Å²) in [5.41, 5.74) is 8.60. The van der Waals surface area contributed by atoms with E-state index in [-0.39, 0.29) is 30.0 Å². The number of nitrogens with one attached hydrogen (secondary N) is 2. The average molecular weight is 886 g/mol. The molecule has 2 aliphatic carbocycles. The first-order chi connectivity index (χ1) is 30.6. The number of morpholine rings is 1. The topological polar surface area (TPSA) is 186 Å². The Labute approximate surface area is 371 Å². The van der Waals surface area contributed by atoms with E-state index in [2.05, 4.69) is 46.6 Å². The zero-order valence-corrected chi connectivity index (χ0v) is 37.1. The van der Waals surface area contributed by atoms with Gasteiger partial charge >= 0.3 is 5.97 Å². The lowest BCUT2D eigenvalue weighted by atomic mass is 9.86. The Bertz CT molecular complexity index is 2850. The van der Waals surface area contributed by atoms with E-state index >= 15 is 0 Å². The molecule has 1 amide bonds.